The summed E-state index contributed by atoms with van der Waals surface area (Å²) in [5.74, 6) is -4.34. The number of aromatic nitrogens is 2. The minimum atomic E-state index is -1.59. The lowest BCUT2D eigenvalue weighted by Gasteiger charge is -2.09. The van der Waals surface area contributed by atoms with Crippen LogP contribution in [0.3, 0.4) is 0 Å². The molecule has 0 unspecified atom stereocenters. The number of nitrogens with zero attached hydrogens (tertiary/aromatic N) is 2. The third-order valence-corrected chi connectivity index (χ3v) is 2.33. The Hall–Kier alpha value is -2.02. The molecule has 1 aromatic heterocycles. The van der Waals surface area contributed by atoms with Crippen LogP contribution in [-0.4, -0.2) is 9.97 Å². The Morgan fingerprint density at radius 3 is 2.61 bits per heavy atom. The number of nitrogen functional groups attached to an aromatic ring is 1. The summed E-state index contributed by atoms with van der Waals surface area (Å²) in [5, 5.41) is 2.47. The van der Waals surface area contributed by atoms with Gasteiger partial charge in [-0.25, -0.2) is 18.2 Å². The maximum Gasteiger partial charge on any atom is 0.222 e. The van der Waals surface area contributed by atoms with Crippen LogP contribution in [0.2, 0.25) is 5.02 Å². The number of nitrogens with one attached hydrogen (secondary N) is 1. The van der Waals surface area contributed by atoms with Crippen LogP contribution in [0, 0.1) is 17.5 Å². The maximum absolute atomic E-state index is 13.4. The second-order valence-corrected chi connectivity index (χ2v) is 3.68. The normalized spacial score (nSPS) is 10.4. The third kappa shape index (κ3) is 2.30. The molecule has 0 saturated heterocycles. The number of benzene rings is 1. The number of halogens is 4. The van der Waals surface area contributed by atoms with Crippen LogP contribution >= 0.6 is 11.6 Å². The fourth-order valence-electron chi connectivity index (χ4n) is 1.22. The van der Waals surface area contributed by atoms with Gasteiger partial charge in [-0.3, -0.25) is 0 Å². The van der Waals surface area contributed by atoms with Gasteiger partial charge in [0.1, 0.15) is 5.02 Å². The van der Waals surface area contributed by atoms with E-state index in [4.69, 9.17) is 17.3 Å². The smallest absolute Gasteiger partial charge is 0.222 e. The topological polar surface area (TPSA) is 63.8 Å². The van der Waals surface area contributed by atoms with Crippen LogP contribution in [0.15, 0.2) is 18.3 Å². The minimum absolute atomic E-state index is 0.00549. The summed E-state index contributed by atoms with van der Waals surface area (Å²) >= 11 is 5.74. The summed E-state index contributed by atoms with van der Waals surface area (Å²) < 4.78 is 39.1. The zero-order valence-electron chi connectivity index (χ0n) is 8.72. The molecule has 0 bridgehead atoms. The molecule has 0 atom stereocenters. The molecule has 18 heavy (non-hydrogen) atoms. The molecule has 3 N–H and O–H groups in total. The van der Waals surface area contributed by atoms with Crippen LogP contribution in [-0.2, 0) is 0 Å². The molecule has 1 heterocycles. The van der Waals surface area contributed by atoms with Gasteiger partial charge in [-0.1, -0.05) is 11.6 Å². The van der Waals surface area contributed by atoms with E-state index >= 15 is 0 Å². The van der Waals surface area contributed by atoms with Crippen molar-refractivity contribution in [2.75, 3.05) is 11.1 Å². The van der Waals surface area contributed by atoms with Gasteiger partial charge >= 0.3 is 0 Å². The van der Waals surface area contributed by atoms with E-state index in [-0.39, 0.29) is 22.5 Å². The molecule has 8 heteroatoms. The van der Waals surface area contributed by atoms with Crippen molar-refractivity contribution < 1.29 is 13.2 Å². The highest BCUT2D eigenvalue weighted by molar-refractivity contribution is 6.32. The first-order valence-electron chi connectivity index (χ1n) is 4.67. The van der Waals surface area contributed by atoms with Crippen molar-refractivity contribution >= 4 is 29.1 Å². The Balaban J connectivity index is 2.40. The van der Waals surface area contributed by atoms with Crippen LogP contribution in [0.5, 0.6) is 0 Å². The number of hydrogen-bond acceptors (Lipinski definition) is 4. The first kappa shape index (κ1) is 12.4. The van der Waals surface area contributed by atoms with Crippen molar-refractivity contribution in [1.82, 2.24) is 9.97 Å². The minimum Gasteiger partial charge on any atom is -0.368 e. The van der Waals surface area contributed by atoms with E-state index in [0.717, 1.165) is 12.1 Å². The fourth-order valence-corrected chi connectivity index (χ4v) is 1.36. The molecule has 0 aliphatic heterocycles. The van der Waals surface area contributed by atoms with Gasteiger partial charge in [0.25, 0.3) is 0 Å². The van der Waals surface area contributed by atoms with Crippen molar-refractivity contribution in [3.8, 4) is 0 Å². The van der Waals surface area contributed by atoms with E-state index in [1.165, 1.54) is 6.20 Å². The van der Waals surface area contributed by atoms with Crippen molar-refractivity contribution in [3.05, 3.63) is 40.8 Å². The largest absolute Gasteiger partial charge is 0.368 e. The third-order valence-electron chi connectivity index (χ3n) is 2.05. The molecule has 0 amide bonds. The summed E-state index contributed by atoms with van der Waals surface area (Å²) in [6.07, 6.45) is 1.20. The molecule has 0 saturated carbocycles. The van der Waals surface area contributed by atoms with Crippen molar-refractivity contribution in [2.24, 2.45) is 0 Å². The summed E-state index contributed by atoms with van der Waals surface area (Å²) in [6, 6.07) is 1.79. The molecule has 0 aliphatic carbocycles. The summed E-state index contributed by atoms with van der Waals surface area (Å²) in [7, 11) is 0. The molecule has 2 aromatic rings. The Bertz CT molecular complexity index is 606. The number of anilines is 3. The van der Waals surface area contributed by atoms with Crippen LogP contribution in [0.25, 0.3) is 0 Å². The number of nitrogens with two attached hydrogens (primary N) is 1. The van der Waals surface area contributed by atoms with Gasteiger partial charge in [0.15, 0.2) is 23.3 Å². The van der Waals surface area contributed by atoms with Crippen molar-refractivity contribution in [2.45, 2.75) is 0 Å². The Labute approximate surface area is 105 Å². The molecular weight excluding hydrogens is 269 g/mol. The first-order chi connectivity index (χ1) is 8.49. The monoisotopic (exact) mass is 274 g/mol. The SMILES string of the molecule is Nc1ncc(Cl)c(Nc2ccc(F)c(F)c2F)n1. The van der Waals surface area contributed by atoms with Gasteiger partial charge in [0.2, 0.25) is 5.95 Å². The lowest BCUT2D eigenvalue weighted by Crippen LogP contribution is -2.03. The zero-order valence-corrected chi connectivity index (χ0v) is 9.47. The van der Waals surface area contributed by atoms with Crippen molar-refractivity contribution in [3.63, 3.8) is 0 Å². The molecular formula is C10H6ClF3N4. The van der Waals surface area contributed by atoms with Gasteiger partial charge in [-0.05, 0) is 12.1 Å². The molecule has 0 aliphatic rings. The second kappa shape index (κ2) is 4.69. The number of rotatable bonds is 2. The standard InChI is InChI=1S/C10H6ClF3N4/c11-4-3-16-10(15)18-9(4)17-6-2-1-5(12)7(13)8(6)14/h1-3H,(H3,15,16,17,18). The average Bonchev–Trinajstić information content (AvgIpc) is 2.34. The van der Waals surface area contributed by atoms with Gasteiger partial charge in [-0.2, -0.15) is 4.98 Å². The molecule has 4 nitrogen and oxygen atoms in total. The second-order valence-electron chi connectivity index (χ2n) is 3.27. The van der Waals surface area contributed by atoms with Gasteiger partial charge in [-0.15, -0.1) is 0 Å². The van der Waals surface area contributed by atoms with Gasteiger partial charge in [0, 0.05) is 0 Å². The zero-order chi connectivity index (χ0) is 13.3. The van der Waals surface area contributed by atoms with Crippen LogP contribution < -0.4 is 11.1 Å². The van der Waals surface area contributed by atoms with Gasteiger partial charge < -0.3 is 11.1 Å². The summed E-state index contributed by atoms with van der Waals surface area (Å²) in [4.78, 5) is 7.30. The molecule has 0 spiro atoms. The van der Waals surface area contributed by atoms with Crippen LogP contribution in [0.1, 0.15) is 0 Å². The first-order valence-corrected chi connectivity index (χ1v) is 5.05. The lowest BCUT2D eigenvalue weighted by atomic mass is 10.3. The van der Waals surface area contributed by atoms with Crippen LogP contribution in [0.4, 0.5) is 30.6 Å². The summed E-state index contributed by atoms with van der Waals surface area (Å²) in [6.45, 7) is 0. The lowest BCUT2D eigenvalue weighted by molar-refractivity contribution is 0.449. The van der Waals surface area contributed by atoms with E-state index in [9.17, 15) is 13.2 Å². The predicted octanol–water partition coefficient (Wildman–Crippen LogP) is 2.87. The quantitative estimate of drug-likeness (QED) is 0.827. The van der Waals surface area contributed by atoms with E-state index in [1.54, 1.807) is 0 Å². The molecule has 94 valence electrons. The van der Waals surface area contributed by atoms with Gasteiger partial charge in [0.05, 0.1) is 11.9 Å². The molecule has 2 rings (SSSR count). The highest BCUT2D eigenvalue weighted by Gasteiger charge is 2.15. The van der Waals surface area contributed by atoms with E-state index < -0.39 is 17.5 Å². The Morgan fingerprint density at radius 1 is 1.17 bits per heavy atom. The summed E-state index contributed by atoms with van der Waals surface area (Å²) in [5.41, 5.74) is 5.01. The van der Waals surface area contributed by atoms with Crippen molar-refractivity contribution in [1.29, 1.82) is 0 Å². The Kier molecular flexibility index (Phi) is 3.24. The van der Waals surface area contributed by atoms with E-state index in [0.29, 0.717) is 0 Å². The predicted molar refractivity (Wildman–Crippen MR) is 61.1 cm³/mol. The Morgan fingerprint density at radius 2 is 1.89 bits per heavy atom. The maximum atomic E-state index is 13.4. The van der Waals surface area contributed by atoms with E-state index in [2.05, 4.69) is 15.3 Å². The fraction of sp³-hybridized carbons (Fsp3) is 0. The number of hydrogen-bond donors (Lipinski definition) is 2. The molecule has 1 aromatic carbocycles. The highest BCUT2D eigenvalue weighted by atomic mass is 35.5. The molecule has 0 radical (unpaired) electrons. The molecule has 0 fully saturated rings. The highest BCUT2D eigenvalue weighted by Crippen LogP contribution is 2.26. The van der Waals surface area contributed by atoms with E-state index in [1.807, 2.05) is 0 Å². The average molecular weight is 275 g/mol.